The lowest BCUT2D eigenvalue weighted by atomic mass is 9.83. The van der Waals surface area contributed by atoms with Gasteiger partial charge >= 0.3 is 18.0 Å². The van der Waals surface area contributed by atoms with Crippen molar-refractivity contribution in [3.8, 4) is 11.1 Å². The van der Waals surface area contributed by atoms with Crippen molar-refractivity contribution in [2.45, 2.75) is 90.4 Å². The number of carboxylic acids is 2. The summed E-state index contributed by atoms with van der Waals surface area (Å²) in [4.78, 5) is 64.2. The number of aromatic nitrogens is 1. The molecule has 318 valence electrons. The Kier molecular flexibility index (Phi) is 17.9. The van der Waals surface area contributed by atoms with Crippen molar-refractivity contribution in [2.24, 2.45) is 11.1 Å². The molecule has 17 heteroatoms. The van der Waals surface area contributed by atoms with Crippen molar-refractivity contribution < 1.29 is 47.7 Å². The van der Waals surface area contributed by atoms with E-state index in [1.165, 1.54) is 0 Å². The Morgan fingerprint density at radius 2 is 1.71 bits per heavy atom. The standard InChI is InChI=1S/C41H57F2N5O8SSi/c1-41(2,3)37(34-21-28(30-22-29(42)13-14-31(30)43)24-47(34)23-27-11-8-7-9-12-27)48(18-10-17-45-40(55)56-19-20-58(4,5)6)35(49)26-57-25-33(39(53)54)46-38(52)32(44)15-16-36(50)51/h7-9,11-14,21-22,24,32-33,37H,10,15-20,23,25-26,44H2,1-6H3,(H,45,55)(H,46,52)(H,50,51)(H,53,54). The summed E-state index contributed by atoms with van der Waals surface area (Å²) in [5.41, 5.74) is 7.15. The summed E-state index contributed by atoms with van der Waals surface area (Å²) in [6, 6.07) is 12.0. The SMILES string of the molecule is CC(C)(C)C(c1cc(-c2cc(F)ccc2F)cn1Cc1ccccc1)N(CCCNC(=O)OCC[Si](C)(C)C)C(=O)CSCC(NC(=O)C(N)CCC(=O)O)C(=O)O. The van der Waals surface area contributed by atoms with Crippen LogP contribution < -0.4 is 16.4 Å². The van der Waals surface area contributed by atoms with Crippen LogP contribution in [0, 0.1) is 17.0 Å². The van der Waals surface area contributed by atoms with Gasteiger partial charge in [0.05, 0.1) is 24.4 Å². The number of carbonyl (C=O) groups excluding carboxylic acids is 3. The van der Waals surface area contributed by atoms with Crippen molar-refractivity contribution in [3.63, 3.8) is 0 Å². The lowest BCUT2D eigenvalue weighted by Crippen LogP contribution is -2.50. The average Bonchev–Trinajstić information content (AvgIpc) is 3.53. The van der Waals surface area contributed by atoms with Gasteiger partial charge in [-0.3, -0.25) is 14.4 Å². The van der Waals surface area contributed by atoms with E-state index in [1.807, 2.05) is 55.7 Å². The van der Waals surface area contributed by atoms with E-state index in [9.17, 15) is 33.5 Å². The third-order valence-corrected chi connectivity index (χ3v) is 11.9. The molecule has 1 heterocycles. The molecule has 3 atom stereocenters. The zero-order chi connectivity index (χ0) is 43.2. The van der Waals surface area contributed by atoms with Gasteiger partial charge in [-0.05, 0) is 54.1 Å². The topological polar surface area (TPSA) is 193 Å². The molecule has 0 aliphatic carbocycles. The van der Waals surface area contributed by atoms with E-state index in [0.717, 1.165) is 41.6 Å². The number of thioether (sulfide) groups is 1. The molecule has 0 aliphatic heterocycles. The number of ether oxygens (including phenoxy) is 1. The molecule has 13 nitrogen and oxygen atoms in total. The molecule has 0 saturated carbocycles. The minimum Gasteiger partial charge on any atom is -0.481 e. The van der Waals surface area contributed by atoms with E-state index in [0.29, 0.717) is 30.8 Å². The third kappa shape index (κ3) is 15.5. The second kappa shape index (κ2) is 21.9. The lowest BCUT2D eigenvalue weighted by molar-refractivity contribution is -0.141. The molecule has 6 N–H and O–H groups in total. The molecule has 3 aromatic rings. The number of halogens is 2. The van der Waals surface area contributed by atoms with Gasteiger partial charge in [0.15, 0.2) is 0 Å². The number of hydrogen-bond acceptors (Lipinski definition) is 8. The number of nitrogens with zero attached hydrogens (tertiary/aromatic N) is 2. The van der Waals surface area contributed by atoms with Crippen LogP contribution in [-0.2, 0) is 30.5 Å². The van der Waals surface area contributed by atoms with Crippen molar-refractivity contribution in [1.29, 1.82) is 0 Å². The monoisotopic (exact) mass is 845 g/mol. The van der Waals surface area contributed by atoms with Gasteiger partial charge < -0.3 is 40.8 Å². The van der Waals surface area contributed by atoms with Gasteiger partial charge in [0.25, 0.3) is 0 Å². The molecule has 2 aromatic carbocycles. The Morgan fingerprint density at radius 3 is 2.33 bits per heavy atom. The normalized spacial score (nSPS) is 13.3. The van der Waals surface area contributed by atoms with Gasteiger partial charge in [0.2, 0.25) is 11.8 Å². The lowest BCUT2D eigenvalue weighted by Gasteiger charge is -2.41. The quantitative estimate of drug-likeness (QED) is 0.0563. The molecule has 3 unspecified atom stereocenters. The molecule has 1 aromatic heterocycles. The summed E-state index contributed by atoms with van der Waals surface area (Å²) in [6.07, 6.45) is 0.923. The smallest absolute Gasteiger partial charge is 0.407 e. The third-order valence-electron chi connectivity index (χ3n) is 9.16. The van der Waals surface area contributed by atoms with E-state index in [4.69, 9.17) is 15.6 Å². The van der Waals surface area contributed by atoms with Crippen LogP contribution in [0.2, 0.25) is 25.7 Å². The summed E-state index contributed by atoms with van der Waals surface area (Å²) >= 11 is 0.983. The second-order valence-electron chi connectivity index (χ2n) is 16.4. The van der Waals surface area contributed by atoms with E-state index < -0.39 is 67.2 Å². The number of rotatable bonds is 22. The first-order valence-corrected chi connectivity index (χ1v) is 24.0. The number of nitrogens with two attached hydrogens (primary N) is 1. The molecule has 0 bridgehead atoms. The van der Waals surface area contributed by atoms with Gasteiger partial charge in [-0.2, -0.15) is 0 Å². The van der Waals surface area contributed by atoms with E-state index in [-0.39, 0.29) is 48.9 Å². The Labute approximate surface area is 344 Å². The molecule has 3 rings (SSSR count). The number of benzene rings is 2. The number of carbonyl (C=O) groups is 5. The van der Waals surface area contributed by atoms with Crippen LogP contribution in [0.1, 0.15) is 57.3 Å². The van der Waals surface area contributed by atoms with Gasteiger partial charge in [-0.15, -0.1) is 11.8 Å². The molecule has 0 fully saturated rings. The molecule has 58 heavy (non-hydrogen) atoms. The zero-order valence-corrected chi connectivity index (χ0v) is 35.9. The van der Waals surface area contributed by atoms with Crippen molar-refractivity contribution >= 4 is 49.7 Å². The Bertz CT molecular complexity index is 1870. The van der Waals surface area contributed by atoms with Crippen LogP contribution in [-0.4, -0.2) is 101 Å². The van der Waals surface area contributed by atoms with Crippen molar-refractivity contribution in [1.82, 2.24) is 20.1 Å². The average molecular weight is 846 g/mol. The predicted octanol–water partition coefficient (Wildman–Crippen LogP) is 6.35. The summed E-state index contributed by atoms with van der Waals surface area (Å²) < 4.78 is 37.0. The summed E-state index contributed by atoms with van der Waals surface area (Å²) in [5, 5.41) is 23.9. The first-order chi connectivity index (χ1) is 27.2. The van der Waals surface area contributed by atoms with E-state index in [1.54, 1.807) is 17.2 Å². The van der Waals surface area contributed by atoms with Crippen molar-refractivity contribution in [2.75, 3.05) is 31.2 Å². The zero-order valence-electron chi connectivity index (χ0n) is 34.1. The largest absolute Gasteiger partial charge is 0.481 e. The fourth-order valence-corrected chi connectivity index (χ4v) is 7.80. The minimum absolute atomic E-state index is 0.0513. The molecular formula is C41H57F2N5O8SSi. The molecule has 3 amide bonds. The summed E-state index contributed by atoms with van der Waals surface area (Å²) in [6.45, 7) is 13.3. The fraction of sp³-hybridized carbons (Fsp3) is 0.488. The van der Waals surface area contributed by atoms with Gasteiger partial charge in [-0.1, -0.05) is 70.7 Å². The predicted molar refractivity (Wildman–Crippen MR) is 223 cm³/mol. The fourth-order valence-electron chi connectivity index (χ4n) is 6.16. The second-order valence-corrected chi connectivity index (χ2v) is 23.1. The number of nitrogens with one attached hydrogen (secondary N) is 2. The number of amides is 3. The molecule has 0 radical (unpaired) electrons. The van der Waals surface area contributed by atoms with Gasteiger partial charge in [-0.25, -0.2) is 18.4 Å². The molecule has 0 spiro atoms. The molecule has 0 saturated heterocycles. The van der Waals surface area contributed by atoms with Crippen LogP contribution in [0.5, 0.6) is 0 Å². The highest BCUT2D eigenvalue weighted by Crippen LogP contribution is 2.41. The maximum atomic E-state index is 15.2. The van der Waals surface area contributed by atoms with Gasteiger partial charge in [0, 0.05) is 62.9 Å². The number of alkyl carbamates (subject to hydrolysis) is 1. The van der Waals surface area contributed by atoms with E-state index in [2.05, 4.69) is 30.3 Å². The van der Waals surface area contributed by atoms with Crippen LogP contribution in [0.3, 0.4) is 0 Å². The first-order valence-electron chi connectivity index (χ1n) is 19.1. The maximum absolute atomic E-state index is 15.2. The van der Waals surface area contributed by atoms with Crippen LogP contribution in [0.4, 0.5) is 13.6 Å². The van der Waals surface area contributed by atoms with Crippen molar-refractivity contribution in [3.05, 3.63) is 83.7 Å². The number of carboxylic acid groups (broad SMARTS) is 2. The van der Waals surface area contributed by atoms with Crippen LogP contribution in [0.25, 0.3) is 11.1 Å². The van der Waals surface area contributed by atoms with Crippen LogP contribution >= 0.6 is 11.8 Å². The van der Waals surface area contributed by atoms with Gasteiger partial charge in [0.1, 0.15) is 17.7 Å². The number of hydrogen-bond donors (Lipinski definition) is 5. The Morgan fingerprint density at radius 1 is 1.02 bits per heavy atom. The highest BCUT2D eigenvalue weighted by Gasteiger charge is 2.37. The van der Waals surface area contributed by atoms with E-state index >= 15 is 4.39 Å². The Balaban J connectivity index is 1.96. The first kappa shape index (κ1) is 47.6. The Hall–Kier alpha value is -4.74. The molecule has 0 aliphatic rings. The highest BCUT2D eigenvalue weighted by atomic mass is 32.2. The highest BCUT2D eigenvalue weighted by molar-refractivity contribution is 8.00. The summed E-state index contributed by atoms with van der Waals surface area (Å²) in [7, 11) is -1.42. The number of aliphatic carboxylic acids is 2. The summed E-state index contributed by atoms with van der Waals surface area (Å²) in [5.74, 6) is -5.34. The minimum atomic E-state index is -1.42. The van der Waals surface area contributed by atoms with Crippen LogP contribution in [0.15, 0.2) is 60.8 Å². The molecular weight excluding hydrogens is 789 g/mol. The maximum Gasteiger partial charge on any atom is 0.407 e.